The lowest BCUT2D eigenvalue weighted by Gasteiger charge is -2.29. The topological polar surface area (TPSA) is 55.5 Å². The lowest BCUT2D eigenvalue weighted by Crippen LogP contribution is -2.38. The van der Waals surface area contributed by atoms with Gasteiger partial charge in [0.1, 0.15) is 11.6 Å². The second-order valence-corrected chi connectivity index (χ2v) is 5.73. The minimum atomic E-state index is 0.173. The zero-order chi connectivity index (χ0) is 15.5. The number of rotatable bonds is 5. The first-order valence-corrected chi connectivity index (χ1v) is 7.78. The van der Waals surface area contributed by atoms with Crippen molar-refractivity contribution in [1.29, 1.82) is 0 Å². The average Bonchev–Trinajstić information content (AvgIpc) is 3.14. The molecule has 0 bridgehead atoms. The number of morpholine rings is 1. The van der Waals surface area contributed by atoms with Gasteiger partial charge in [-0.1, -0.05) is 0 Å². The largest absolute Gasteiger partial charge is 0.468 e. The van der Waals surface area contributed by atoms with Gasteiger partial charge in [-0.15, -0.1) is 0 Å². The number of furan rings is 1. The fourth-order valence-corrected chi connectivity index (χ4v) is 2.96. The number of hydrogen-bond donors (Lipinski definition) is 1. The fraction of sp³-hybridized carbons (Fsp3) is 0.562. The Labute approximate surface area is 131 Å². The predicted octanol–water partition coefficient (Wildman–Crippen LogP) is 2.01. The molecule has 0 radical (unpaired) electrons. The molecule has 22 heavy (non-hydrogen) atoms. The van der Waals surface area contributed by atoms with E-state index in [1.54, 1.807) is 6.26 Å². The van der Waals surface area contributed by atoms with Crippen molar-refractivity contribution >= 4 is 5.82 Å². The third-order valence-corrected chi connectivity index (χ3v) is 4.18. The summed E-state index contributed by atoms with van der Waals surface area (Å²) in [4.78, 5) is 2.36. The van der Waals surface area contributed by atoms with Crippen LogP contribution in [0, 0.1) is 6.92 Å². The molecule has 3 rings (SSSR count). The highest BCUT2D eigenvalue weighted by Crippen LogP contribution is 2.25. The molecule has 1 unspecified atom stereocenters. The quantitative estimate of drug-likeness (QED) is 0.916. The molecule has 0 saturated carbocycles. The molecule has 1 aliphatic heterocycles. The predicted molar refractivity (Wildman–Crippen MR) is 84.9 cm³/mol. The van der Waals surface area contributed by atoms with Gasteiger partial charge in [-0.05, 0) is 26.0 Å². The van der Waals surface area contributed by atoms with E-state index >= 15 is 0 Å². The van der Waals surface area contributed by atoms with Crippen molar-refractivity contribution < 1.29 is 9.15 Å². The smallest absolute Gasteiger partial charge is 0.131 e. The standard InChI is InChI=1S/C16H24N4O2/c1-12-14(11-17-13(2)15-5-4-8-22-15)16(19(3)18-12)20-6-9-21-10-7-20/h4-5,8,13,17H,6-7,9-11H2,1-3H3. The maximum absolute atomic E-state index is 5.46. The molecule has 0 amide bonds. The maximum atomic E-state index is 5.46. The van der Waals surface area contributed by atoms with Crippen LogP contribution in [0.3, 0.4) is 0 Å². The Morgan fingerprint density at radius 3 is 2.82 bits per heavy atom. The SMILES string of the molecule is Cc1nn(C)c(N2CCOCC2)c1CNC(C)c1ccco1. The van der Waals surface area contributed by atoms with Crippen LogP contribution in [-0.4, -0.2) is 36.1 Å². The minimum absolute atomic E-state index is 0.173. The Kier molecular flexibility index (Phi) is 4.49. The second-order valence-electron chi connectivity index (χ2n) is 5.73. The van der Waals surface area contributed by atoms with Gasteiger partial charge in [-0.3, -0.25) is 4.68 Å². The number of anilines is 1. The zero-order valence-electron chi connectivity index (χ0n) is 13.5. The Balaban J connectivity index is 1.75. The minimum Gasteiger partial charge on any atom is -0.468 e. The third kappa shape index (κ3) is 3.03. The Hall–Kier alpha value is -1.79. The van der Waals surface area contributed by atoms with E-state index in [0.29, 0.717) is 0 Å². The van der Waals surface area contributed by atoms with Crippen LogP contribution in [0.15, 0.2) is 22.8 Å². The normalized spacial score (nSPS) is 17.0. The second kappa shape index (κ2) is 6.54. The molecule has 120 valence electrons. The summed E-state index contributed by atoms with van der Waals surface area (Å²) in [6, 6.07) is 4.09. The van der Waals surface area contributed by atoms with E-state index in [-0.39, 0.29) is 6.04 Å². The number of aryl methyl sites for hydroxylation is 2. The van der Waals surface area contributed by atoms with E-state index in [2.05, 4.69) is 29.2 Å². The molecule has 3 heterocycles. The van der Waals surface area contributed by atoms with Crippen LogP contribution in [0.4, 0.5) is 5.82 Å². The third-order valence-electron chi connectivity index (χ3n) is 4.18. The monoisotopic (exact) mass is 304 g/mol. The van der Waals surface area contributed by atoms with E-state index in [9.17, 15) is 0 Å². The van der Waals surface area contributed by atoms with Crippen molar-refractivity contribution in [3.05, 3.63) is 35.4 Å². The highest BCUT2D eigenvalue weighted by molar-refractivity contribution is 5.50. The number of aromatic nitrogens is 2. The first-order valence-electron chi connectivity index (χ1n) is 7.78. The van der Waals surface area contributed by atoms with Crippen molar-refractivity contribution in [2.75, 3.05) is 31.2 Å². The molecule has 1 saturated heterocycles. The molecule has 1 fully saturated rings. The Morgan fingerprint density at radius 2 is 2.14 bits per heavy atom. The van der Waals surface area contributed by atoms with Crippen molar-refractivity contribution in [3.63, 3.8) is 0 Å². The molecule has 1 N–H and O–H groups in total. The van der Waals surface area contributed by atoms with Crippen LogP contribution in [0.25, 0.3) is 0 Å². The molecule has 1 aliphatic rings. The summed E-state index contributed by atoms with van der Waals surface area (Å²) in [5.74, 6) is 2.15. The summed E-state index contributed by atoms with van der Waals surface area (Å²) in [6.45, 7) is 8.34. The van der Waals surface area contributed by atoms with Gasteiger partial charge < -0.3 is 19.4 Å². The maximum Gasteiger partial charge on any atom is 0.131 e. The van der Waals surface area contributed by atoms with Gasteiger partial charge in [-0.25, -0.2) is 0 Å². The van der Waals surface area contributed by atoms with Gasteiger partial charge in [0.15, 0.2) is 0 Å². The van der Waals surface area contributed by atoms with Crippen LogP contribution in [0.5, 0.6) is 0 Å². The molecular weight excluding hydrogens is 280 g/mol. The fourth-order valence-electron chi connectivity index (χ4n) is 2.96. The highest BCUT2D eigenvalue weighted by atomic mass is 16.5. The molecule has 0 spiro atoms. The van der Waals surface area contributed by atoms with Crippen LogP contribution in [0.2, 0.25) is 0 Å². The Morgan fingerprint density at radius 1 is 1.36 bits per heavy atom. The summed E-state index contributed by atoms with van der Waals surface area (Å²) in [6.07, 6.45) is 1.71. The van der Waals surface area contributed by atoms with Gasteiger partial charge in [0.25, 0.3) is 0 Å². The lowest BCUT2D eigenvalue weighted by molar-refractivity contribution is 0.122. The number of hydrogen-bond acceptors (Lipinski definition) is 5. The summed E-state index contributed by atoms with van der Waals surface area (Å²) in [7, 11) is 2.01. The lowest BCUT2D eigenvalue weighted by atomic mass is 10.2. The van der Waals surface area contributed by atoms with Crippen molar-refractivity contribution in [2.45, 2.75) is 26.4 Å². The van der Waals surface area contributed by atoms with Crippen LogP contribution in [-0.2, 0) is 18.3 Å². The van der Waals surface area contributed by atoms with Gasteiger partial charge in [0, 0.05) is 32.2 Å². The van der Waals surface area contributed by atoms with Gasteiger partial charge in [0.05, 0.1) is 31.2 Å². The van der Waals surface area contributed by atoms with E-state index < -0.39 is 0 Å². The van der Waals surface area contributed by atoms with Crippen molar-refractivity contribution in [2.24, 2.45) is 7.05 Å². The zero-order valence-corrected chi connectivity index (χ0v) is 13.5. The van der Waals surface area contributed by atoms with Crippen LogP contribution >= 0.6 is 0 Å². The average molecular weight is 304 g/mol. The highest BCUT2D eigenvalue weighted by Gasteiger charge is 2.21. The van der Waals surface area contributed by atoms with E-state index in [0.717, 1.165) is 44.3 Å². The molecular formula is C16H24N4O2. The number of nitrogens with one attached hydrogen (secondary N) is 1. The van der Waals surface area contributed by atoms with E-state index in [1.165, 1.54) is 11.4 Å². The number of nitrogens with zero attached hydrogens (tertiary/aromatic N) is 3. The van der Waals surface area contributed by atoms with E-state index in [4.69, 9.17) is 9.15 Å². The van der Waals surface area contributed by atoms with Crippen molar-refractivity contribution in [3.8, 4) is 0 Å². The van der Waals surface area contributed by atoms with E-state index in [1.807, 2.05) is 23.9 Å². The van der Waals surface area contributed by atoms with Crippen LogP contribution < -0.4 is 10.2 Å². The summed E-state index contributed by atoms with van der Waals surface area (Å²) in [5.41, 5.74) is 2.32. The van der Waals surface area contributed by atoms with Gasteiger partial charge in [-0.2, -0.15) is 5.10 Å². The summed E-state index contributed by atoms with van der Waals surface area (Å²) in [5, 5.41) is 8.13. The van der Waals surface area contributed by atoms with Gasteiger partial charge in [0.2, 0.25) is 0 Å². The summed E-state index contributed by atoms with van der Waals surface area (Å²) < 4.78 is 12.9. The number of ether oxygens (including phenoxy) is 1. The Bertz CT molecular complexity index is 600. The first-order chi connectivity index (χ1) is 10.7. The molecule has 6 heteroatoms. The molecule has 1 atom stereocenters. The molecule has 2 aromatic heterocycles. The molecule has 0 aromatic carbocycles. The summed E-state index contributed by atoms with van der Waals surface area (Å²) >= 11 is 0. The molecule has 2 aromatic rings. The van der Waals surface area contributed by atoms with Gasteiger partial charge >= 0.3 is 0 Å². The molecule has 0 aliphatic carbocycles. The van der Waals surface area contributed by atoms with Crippen molar-refractivity contribution in [1.82, 2.24) is 15.1 Å². The van der Waals surface area contributed by atoms with Crippen LogP contribution in [0.1, 0.15) is 30.0 Å². The first kappa shape index (κ1) is 15.1. The molecule has 6 nitrogen and oxygen atoms in total.